The Morgan fingerprint density at radius 2 is 0.801 bits per heavy atom. The first-order valence-electron chi connectivity index (χ1n) is 42.4. The van der Waals surface area contributed by atoms with E-state index in [-0.39, 0.29) is 151 Å². The fourth-order valence-corrected chi connectivity index (χ4v) is 19.6. The van der Waals surface area contributed by atoms with Crippen molar-refractivity contribution in [2.45, 2.75) is 206 Å². The van der Waals surface area contributed by atoms with E-state index >= 15 is 0 Å². The van der Waals surface area contributed by atoms with E-state index in [4.69, 9.17) is 9.52 Å². The summed E-state index contributed by atoms with van der Waals surface area (Å²) in [6, 6.07) is 31.5. The molecule has 0 radical (unpaired) electrons. The molecule has 0 aliphatic carbocycles. The number of benzene rings is 5. The molecule has 5 aliphatic heterocycles. The summed E-state index contributed by atoms with van der Waals surface area (Å²) < 4.78 is 205. The molecule has 5 unspecified atom stereocenters. The second-order valence-electron chi connectivity index (χ2n) is 32.9. The highest BCUT2D eigenvalue weighted by Crippen LogP contribution is 2.45. The first-order valence-corrected chi connectivity index (χ1v) is 46.5. The van der Waals surface area contributed by atoms with Crippen LogP contribution in [-0.4, -0.2) is 170 Å². The predicted octanol–water partition coefficient (Wildman–Crippen LogP) is 19.0. The molecule has 5 saturated heterocycles. The average molecular weight is 2020 g/mol. The highest BCUT2D eigenvalue weighted by atomic mass is 32.2. The molecule has 7 aromatic rings. The van der Waals surface area contributed by atoms with Crippen molar-refractivity contribution in [2.75, 3.05) is 45.9 Å². The van der Waals surface area contributed by atoms with Crippen LogP contribution in [0.4, 0.5) is 70.2 Å². The number of halogens is 16. The second kappa shape index (κ2) is 48.2. The summed E-state index contributed by atoms with van der Waals surface area (Å²) in [5.74, 6) is -4.02. The second-order valence-corrected chi connectivity index (χ2v) is 40.2. The normalized spacial score (nSPS) is 22.5. The van der Waals surface area contributed by atoms with E-state index in [2.05, 4.69) is 61.8 Å². The van der Waals surface area contributed by atoms with Crippen LogP contribution in [0.3, 0.4) is 0 Å². The molecular weight excluding hydrogens is 1910 g/mol. The lowest BCUT2D eigenvalue weighted by Crippen LogP contribution is -2.40. The Bertz CT molecular complexity index is 5510. The van der Waals surface area contributed by atoms with E-state index in [9.17, 15) is 109 Å². The predicted molar refractivity (Wildman–Crippen MR) is 495 cm³/mol. The van der Waals surface area contributed by atoms with Gasteiger partial charge in [-0.25, -0.2) is 17.6 Å². The van der Waals surface area contributed by atoms with Crippen LogP contribution in [0.5, 0.6) is 0 Å². The highest BCUT2D eigenvalue weighted by molar-refractivity contribution is 8.17. The number of aliphatic hydroxyl groups is 1. The number of aliphatic hydroxyl groups excluding tert-OH is 1. The first kappa shape index (κ1) is 111. The summed E-state index contributed by atoms with van der Waals surface area (Å²) in [5.41, 5.74) is 2.71. The van der Waals surface area contributed by atoms with E-state index in [1.807, 2.05) is 27.7 Å². The zero-order valence-electron chi connectivity index (χ0n) is 75.3. The van der Waals surface area contributed by atoms with Gasteiger partial charge in [-0.2, -0.15) is 52.7 Å². The molecule has 2 aromatic heterocycles. The largest absolute Gasteiger partial charge is 0.472 e. The molecule has 136 heavy (non-hydrogen) atoms. The number of amides is 7. The van der Waals surface area contributed by atoms with Crippen molar-refractivity contribution in [1.29, 1.82) is 0 Å². The molecule has 10 atom stereocenters. The van der Waals surface area contributed by atoms with Crippen LogP contribution >= 0.6 is 58.8 Å². The summed E-state index contributed by atoms with van der Waals surface area (Å²) in [6.45, 7) is 14.9. The van der Waals surface area contributed by atoms with Gasteiger partial charge < -0.3 is 56.2 Å². The number of alkyl halides is 12. The number of hydrogen-bond acceptors (Lipinski definition) is 21. The van der Waals surface area contributed by atoms with Crippen LogP contribution < -0.4 is 37.5 Å². The van der Waals surface area contributed by atoms with Crippen LogP contribution in [-0.2, 0) is 39.7 Å². The number of aromatic amines is 1. The first-order chi connectivity index (χ1) is 63.5. The number of aromatic nitrogens is 1. The van der Waals surface area contributed by atoms with Crippen LogP contribution in [0.25, 0.3) is 0 Å². The number of pyridine rings is 1. The molecule has 5 aromatic carbocycles. The van der Waals surface area contributed by atoms with Crippen molar-refractivity contribution in [3.05, 3.63) is 236 Å². The molecule has 24 nitrogen and oxygen atoms in total. The Morgan fingerprint density at radius 1 is 0.449 bits per heavy atom. The lowest BCUT2D eigenvalue weighted by atomic mass is 10.0. The zero-order chi connectivity index (χ0) is 101. The van der Waals surface area contributed by atoms with Crippen molar-refractivity contribution in [2.24, 2.45) is 25.0 Å². The number of furan rings is 1. The molecule has 45 heteroatoms. The Morgan fingerprint density at radius 3 is 1.15 bits per heavy atom. The lowest BCUT2D eigenvalue weighted by molar-refractivity contribution is -0.160. The number of carbonyl (C=O) groups excluding carboxylic acids is 7. The fraction of sp³-hybridized carbons (Fsp3) is 0.440. The SMILES string of the molecule is CC(=O)N(CCCC1(C)SC(=N[C@@H](C)c2ccc(F)cc2)NC1=O)CC(F)(F)F.C[C@H](N=C1NC(=O)C(C)(CCCN(CC(F)(F)F)C(=O)c2ccoc2)S1)c1ccc(F)cc1.C[C@H](N=C1NC(=O)C(C)(CCCNCC(F)(F)F)S1)c1ccc(F)cc1.C[C@H](N=C1NC(=O)C(C)(CCCO)S1)c1ccc(F)cc1.C[C@H](N=C1NC(=O)C(C)(c2cc[nH]c(=O)c2)S1)c1ccccc1C(F)(F)F. The molecule has 0 saturated carbocycles. The maximum Gasteiger partial charge on any atom is 0.416 e. The number of carbonyl (C=O) groups is 7. The van der Waals surface area contributed by atoms with E-state index in [0.717, 1.165) is 58.2 Å². The number of thioether (sulfide) groups is 5. The minimum absolute atomic E-state index is 0.0251. The summed E-state index contributed by atoms with van der Waals surface area (Å²) >= 11 is 6.14. The molecule has 8 N–H and O–H groups in total. The van der Waals surface area contributed by atoms with Gasteiger partial charge in [-0.05, 0) is 227 Å². The van der Waals surface area contributed by atoms with Crippen LogP contribution in [0, 0.1) is 23.3 Å². The molecule has 738 valence electrons. The maximum atomic E-state index is 13.2. The molecule has 5 aliphatic rings. The number of nitrogens with zero attached hydrogens (tertiary/aromatic N) is 7. The summed E-state index contributed by atoms with van der Waals surface area (Å²) in [4.78, 5) is 123. The van der Waals surface area contributed by atoms with Crippen molar-refractivity contribution in [1.82, 2.24) is 46.7 Å². The van der Waals surface area contributed by atoms with Gasteiger partial charge in [0.05, 0.1) is 73.1 Å². The Hall–Kier alpha value is -10.5. The van der Waals surface area contributed by atoms with Crippen molar-refractivity contribution < 1.29 is 113 Å². The van der Waals surface area contributed by atoms with Gasteiger partial charge in [0, 0.05) is 38.9 Å². The monoisotopic (exact) mass is 2010 g/mol. The van der Waals surface area contributed by atoms with E-state index in [0.29, 0.717) is 56.8 Å². The smallest absolute Gasteiger partial charge is 0.416 e. The van der Waals surface area contributed by atoms with Gasteiger partial charge in [0.15, 0.2) is 25.8 Å². The maximum absolute atomic E-state index is 13.2. The van der Waals surface area contributed by atoms with Crippen LogP contribution in [0.1, 0.15) is 207 Å². The molecule has 7 amide bonds. The van der Waals surface area contributed by atoms with E-state index < -0.39 is 91.5 Å². The Kier molecular flexibility index (Phi) is 39.3. The van der Waals surface area contributed by atoms with Crippen molar-refractivity contribution in [3.8, 4) is 0 Å². The van der Waals surface area contributed by atoms with Gasteiger partial charge in [-0.15, -0.1) is 0 Å². The molecule has 5 fully saturated rings. The van der Waals surface area contributed by atoms with Gasteiger partial charge >= 0.3 is 24.7 Å². The molecular formula is C91H102F16N14O10S5. The third kappa shape index (κ3) is 33.4. The fourth-order valence-electron chi connectivity index (χ4n) is 13.8. The highest BCUT2D eigenvalue weighted by Gasteiger charge is 2.49. The number of nitrogens with one attached hydrogen (secondary N) is 7. The number of hydrogen-bond donors (Lipinski definition) is 8. The Balaban J connectivity index is 0.000000210. The van der Waals surface area contributed by atoms with Crippen LogP contribution in [0.2, 0.25) is 0 Å². The quantitative estimate of drug-likeness (QED) is 0.0153. The van der Waals surface area contributed by atoms with Gasteiger partial charge in [0.2, 0.25) is 41.0 Å². The molecule has 0 spiro atoms. The number of H-pyrrole nitrogens is 1. The van der Waals surface area contributed by atoms with Crippen molar-refractivity contribution in [3.63, 3.8) is 0 Å². The topological polar surface area (TPSA) is 326 Å². The third-order valence-electron chi connectivity index (χ3n) is 21.6. The van der Waals surface area contributed by atoms with E-state index in [1.165, 1.54) is 145 Å². The number of aliphatic imine (C=N–C) groups is 5. The molecule has 12 rings (SSSR count). The lowest BCUT2D eigenvalue weighted by Gasteiger charge is -2.25. The molecule has 0 bridgehead atoms. The van der Waals surface area contributed by atoms with Gasteiger partial charge in [-0.3, -0.25) is 63.3 Å². The Labute approximate surface area is 794 Å². The van der Waals surface area contributed by atoms with Gasteiger partial charge in [0.1, 0.15) is 47.4 Å². The summed E-state index contributed by atoms with van der Waals surface area (Å²) in [6.07, 6.45) is -11.0. The summed E-state index contributed by atoms with van der Waals surface area (Å²) in [5, 5.41) is 26.8. The number of rotatable bonds is 30. The van der Waals surface area contributed by atoms with Crippen LogP contribution in [0.15, 0.2) is 192 Å². The van der Waals surface area contributed by atoms with Crippen molar-refractivity contribution >= 4 is 126 Å². The minimum atomic E-state index is -4.56. The van der Waals surface area contributed by atoms with Gasteiger partial charge in [-0.1, -0.05) is 126 Å². The molecule has 7 heterocycles. The number of amidine groups is 5. The van der Waals surface area contributed by atoms with Gasteiger partial charge in [0.25, 0.3) is 5.91 Å². The van der Waals surface area contributed by atoms with E-state index in [1.54, 1.807) is 89.2 Å². The zero-order valence-corrected chi connectivity index (χ0v) is 79.4. The minimum Gasteiger partial charge on any atom is -0.472 e. The summed E-state index contributed by atoms with van der Waals surface area (Å²) in [7, 11) is 0. The standard InChI is InChI=1S/C22H23F4N3O3S.C19H23F4N3O2S.C18H16F3N3O2S.C17H21F4N3OS.C15H19FN2O2S/c1-14(15-4-6-17(23)7-5-15)27-20-28-19(31)21(2,33-20)9-3-10-29(13-22(24,25)26)18(30)16-8-11-32-12-16;1-12(14-5-7-15(20)8-6-14)24-17-25-16(28)18(3,29-17)9-4-10-26(13(2)27)11-19(21,22)23;1-10(12-5-3-4-6-13(12)18(19,20)21)23-16-24-15(26)17(2,27-16)11-7-8-22-14(25)9-11;1-11(12-4-6-13(18)7-5-12)23-15-24-14(25)16(2,26-15)8-3-9-22-10-17(19,20)21;1-10(11-4-6-12(16)7-5-11)17-14-18-13(20)15(2,21-14)8-3-9-19/h4-8,11-12,14H,3,9-10,13H2,1-2H3,(H,27,28,31);5-8,12H,4,9-11H2,1-3H3,(H,24,25,28);3-10H,1-2H3,(H,22,25)(H,23,24,26);4-7,11,22H,3,8-10H2,1-2H3,(H,23,24,25);4-7,10,19H,3,8-9H2,1-2H3,(H,17,18,20)/t14-,21?;12-,18?;10-,17?;11-,16?;10-,15?/m00000/s1. The third-order valence-corrected chi connectivity index (χ3v) is 27.8. The average Bonchev–Trinajstić information content (AvgIpc) is 1.63.